The molecule has 1 aromatic heterocycles. The summed E-state index contributed by atoms with van der Waals surface area (Å²) in [4.78, 5) is 4.61. The maximum atomic E-state index is 6.38. The number of allylic oxidation sites excluding steroid dienone is 6. The molecule has 0 saturated carbocycles. The number of rotatable bonds is 6. The zero-order chi connectivity index (χ0) is 27.0. The highest BCUT2D eigenvalue weighted by molar-refractivity contribution is 7.18. The van der Waals surface area contributed by atoms with Crippen LogP contribution in [0.5, 0.6) is 0 Å². The summed E-state index contributed by atoms with van der Waals surface area (Å²) in [6, 6.07) is 12.7. The molecule has 0 saturated heterocycles. The monoisotopic (exact) mass is 564 g/mol. The molecule has 0 spiro atoms. The van der Waals surface area contributed by atoms with Crippen molar-refractivity contribution in [3.8, 4) is 0 Å². The zero-order valence-electron chi connectivity index (χ0n) is 22.9. The Balaban J connectivity index is 1.47. The number of para-hydroxylation sites is 1. The van der Waals surface area contributed by atoms with Gasteiger partial charge in [-0.15, -0.1) is 0 Å². The summed E-state index contributed by atoms with van der Waals surface area (Å²) in [7, 11) is 0. The second kappa shape index (κ2) is 10.9. The van der Waals surface area contributed by atoms with Gasteiger partial charge < -0.3 is 9.80 Å². The minimum Gasteiger partial charge on any atom is -0.326 e. The van der Waals surface area contributed by atoms with Gasteiger partial charge in [0.05, 0.1) is 21.4 Å². The number of anilines is 2. The van der Waals surface area contributed by atoms with Crippen molar-refractivity contribution >= 4 is 62.2 Å². The van der Waals surface area contributed by atoms with E-state index in [0.717, 1.165) is 49.7 Å². The number of hydrogen-bond donors (Lipinski definition) is 0. The number of halogens is 2. The van der Waals surface area contributed by atoms with Crippen molar-refractivity contribution in [2.24, 2.45) is 5.41 Å². The van der Waals surface area contributed by atoms with Crippen LogP contribution in [0.25, 0.3) is 16.3 Å². The summed E-state index contributed by atoms with van der Waals surface area (Å²) in [5.74, 6) is 1.15. The average Bonchev–Trinajstić information content (AvgIpc) is 3.36. The molecule has 3 nitrogen and oxygen atoms in total. The van der Waals surface area contributed by atoms with E-state index >= 15 is 0 Å². The third-order valence-electron chi connectivity index (χ3n) is 7.34. The molecule has 0 N–H and O–H groups in total. The van der Waals surface area contributed by atoms with Crippen LogP contribution in [0.3, 0.4) is 0 Å². The zero-order valence-corrected chi connectivity index (χ0v) is 25.2. The summed E-state index contributed by atoms with van der Waals surface area (Å²) in [6.07, 6.45) is 13.6. The van der Waals surface area contributed by atoms with Gasteiger partial charge in [-0.2, -0.15) is 4.57 Å². The molecule has 0 atom stereocenters. The molecule has 2 aliphatic rings. The van der Waals surface area contributed by atoms with Gasteiger partial charge in [-0.05, 0) is 74.4 Å². The number of thiazole rings is 1. The molecule has 1 aliphatic carbocycles. The van der Waals surface area contributed by atoms with E-state index < -0.39 is 0 Å². The van der Waals surface area contributed by atoms with Crippen LogP contribution in [0.1, 0.15) is 52.5 Å². The van der Waals surface area contributed by atoms with Crippen molar-refractivity contribution in [2.45, 2.75) is 54.0 Å². The highest BCUT2D eigenvalue weighted by atomic mass is 35.5. The van der Waals surface area contributed by atoms with E-state index in [1.807, 2.05) is 23.5 Å². The Bertz CT molecular complexity index is 1450. The molecule has 5 rings (SSSR count). The number of aryl methyl sites for hydroxylation is 1. The minimum atomic E-state index is 0.211. The fourth-order valence-corrected chi connectivity index (χ4v) is 7.32. The number of benzene rings is 2. The quantitative estimate of drug-likeness (QED) is 0.276. The van der Waals surface area contributed by atoms with Crippen molar-refractivity contribution in [3.05, 3.63) is 92.7 Å². The Morgan fingerprint density at radius 2 is 1.63 bits per heavy atom. The predicted molar refractivity (Wildman–Crippen MR) is 166 cm³/mol. The predicted octanol–water partition coefficient (Wildman–Crippen LogP) is 9.41. The molecule has 0 radical (unpaired) electrons. The van der Waals surface area contributed by atoms with Crippen molar-refractivity contribution in [1.82, 2.24) is 0 Å². The van der Waals surface area contributed by atoms with E-state index in [1.165, 1.54) is 26.4 Å². The van der Waals surface area contributed by atoms with Gasteiger partial charge in [0.2, 0.25) is 5.52 Å². The third-order valence-corrected chi connectivity index (χ3v) is 9.17. The fraction of sp³-hybridized carbons (Fsp3) is 0.344. The van der Waals surface area contributed by atoms with Gasteiger partial charge in [0.1, 0.15) is 17.1 Å². The van der Waals surface area contributed by atoms with Crippen molar-refractivity contribution in [3.63, 3.8) is 0 Å². The summed E-state index contributed by atoms with van der Waals surface area (Å²) in [5.41, 5.74) is 6.51. The molecule has 198 valence electrons. The Morgan fingerprint density at radius 3 is 2.26 bits per heavy atom. The maximum absolute atomic E-state index is 6.38. The first-order valence-corrected chi connectivity index (χ1v) is 15.1. The van der Waals surface area contributed by atoms with E-state index in [9.17, 15) is 0 Å². The van der Waals surface area contributed by atoms with Gasteiger partial charge in [0.15, 0.2) is 0 Å². The van der Waals surface area contributed by atoms with E-state index in [2.05, 4.69) is 104 Å². The maximum Gasteiger partial charge on any atom is 0.263 e. The molecular formula is C32H36Cl2N3S+. The first-order valence-electron chi connectivity index (χ1n) is 13.5. The third kappa shape index (κ3) is 5.19. The smallest absolute Gasteiger partial charge is 0.263 e. The van der Waals surface area contributed by atoms with Gasteiger partial charge in [-0.25, -0.2) is 0 Å². The lowest BCUT2D eigenvalue weighted by molar-refractivity contribution is -0.665. The molecular weight excluding hydrogens is 529 g/mol. The lowest BCUT2D eigenvalue weighted by Gasteiger charge is -2.30. The van der Waals surface area contributed by atoms with Gasteiger partial charge in [-0.1, -0.05) is 78.7 Å². The molecule has 0 unspecified atom stereocenters. The van der Waals surface area contributed by atoms with Crippen LogP contribution in [-0.2, 0) is 6.54 Å². The Morgan fingerprint density at radius 1 is 0.974 bits per heavy atom. The van der Waals surface area contributed by atoms with E-state index in [1.54, 1.807) is 0 Å². The molecule has 6 heteroatoms. The second-order valence-corrected chi connectivity index (χ2v) is 12.6. The van der Waals surface area contributed by atoms with Crippen LogP contribution in [0, 0.1) is 5.41 Å². The van der Waals surface area contributed by atoms with Gasteiger partial charge in [0.25, 0.3) is 5.01 Å². The van der Waals surface area contributed by atoms with Crippen LogP contribution < -0.4 is 14.4 Å². The summed E-state index contributed by atoms with van der Waals surface area (Å²) < 4.78 is 3.77. The lowest BCUT2D eigenvalue weighted by Crippen LogP contribution is -2.33. The lowest BCUT2D eigenvalue weighted by atomic mass is 9.75. The SMILES string of the molecule is CCN1C(=C/C=C/C2=CC(=C\c3sc4ccccc4[n+]3CC)/CC(C)(C)C2)N(CC)c2cc(Cl)c(Cl)cc21. The van der Waals surface area contributed by atoms with Gasteiger partial charge >= 0.3 is 0 Å². The minimum absolute atomic E-state index is 0.211. The van der Waals surface area contributed by atoms with Crippen LogP contribution in [-0.4, -0.2) is 13.1 Å². The number of fused-ring (bicyclic) bond motifs is 2. The molecule has 0 bridgehead atoms. The van der Waals surface area contributed by atoms with Crippen molar-refractivity contribution < 1.29 is 4.57 Å². The van der Waals surface area contributed by atoms with Crippen molar-refractivity contribution in [2.75, 3.05) is 22.9 Å². The molecule has 0 fully saturated rings. The Labute approximate surface area is 241 Å². The molecule has 0 amide bonds. The first kappa shape index (κ1) is 27.1. The molecule has 1 aliphatic heterocycles. The number of hydrogen-bond acceptors (Lipinski definition) is 3. The number of aromatic nitrogens is 1. The fourth-order valence-electron chi connectivity index (χ4n) is 5.81. The van der Waals surface area contributed by atoms with Gasteiger partial charge in [0, 0.05) is 25.2 Å². The molecule has 3 aromatic rings. The van der Waals surface area contributed by atoms with Crippen molar-refractivity contribution in [1.29, 1.82) is 0 Å². The summed E-state index contributed by atoms with van der Waals surface area (Å²) in [6.45, 7) is 14.0. The summed E-state index contributed by atoms with van der Waals surface area (Å²) in [5, 5.41) is 2.50. The second-order valence-electron chi connectivity index (χ2n) is 10.7. The molecule has 2 aromatic carbocycles. The molecule has 38 heavy (non-hydrogen) atoms. The van der Waals surface area contributed by atoms with Crippen LogP contribution in [0.4, 0.5) is 11.4 Å². The Hall–Kier alpha value is -2.53. The normalized spacial score (nSPS) is 18.1. The first-order chi connectivity index (χ1) is 18.2. The highest BCUT2D eigenvalue weighted by Gasteiger charge is 2.30. The largest absolute Gasteiger partial charge is 0.326 e. The number of nitrogens with zero attached hydrogens (tertiary/aromatic N) is 3. The van der Waals surface area contributed by atoms with E-state index in [0.29, 0.717) is 10.0 Å². The van der Waals surface area contributed by atoms with E-state index in [4.69, 9.17) is 23.2 Å². The highest BCUT2D eigenvalue weighted by Crippen LogP contribution is 2.45. The van der Waals surface area contributed by atoms with Crippen LogP contribution >= 0.6 is 34.5 Å². The summed E-state index contributed by atoms with van der Waals surface area (Å²) >= 11 is 14.6. The van der Waals surface area contributed by atoms with Crippen LogP contribution in [0.2, 0.25) is 10.0 Å². The van der Waals surface area contributed by atoms with Crippen LogP contribution in [0.15, 0.2) is 77.7 Å². The Kier molecular flexibility index (Phi) is 7.77. The average molecular weight is 566 g/mol. The molecule has 2 heterocycles. The topological polar surface area (TPSA) is 10.4 Å². The standard InChI is InChI=1S/C32H36Cl2N3S/c1-6-35-27-18-24(33)25(34)19-28(27)36(7-2)30(35)15-11-12-22-16-23(21-32(4,5)20-22)17-31-37(8-3)26-13-9-10-14-29(26)38-31/h9-19H,6-8,20-21H2,1-5H3/q+1. The van der Waals surface area contributed by atoms with E-state index in [-0.39, 0.29) is 5.41 Å². The van der Waals surface area contributed by atoms with Gasteiger partial charge in [-0.3, -0.25) is 0 Å².